The van der Waals surface area contributed by atoms with Gasteiger partial charge in [0.25, 0.3) is 0 Å². The Morgan fingerprint density at radius 1 is 0.547 bits per heavy atom. The number of nitrogens with two attached hydrogens (primary N) is 3. The molecular weight excluding hydrogens is 1320 g/mol. The van der Waals surface area contributed by atoms with Crippen LogP contribution in [-0.2, 0) is 19.2 Å². The normalized spacial score (nSPS) is 23.9. The van der Waals surface area contributed by atoms with Crippen molar-refractivity contribution in [3.05, 3.63) is 216 Å². The number of nitrogens with one attached hydrogen (secondary N) is 3. The summed E-state index contributed by atoms with van der Waals surface area (Å²) in [6, 6.07) is 56.1. The average molecular weight is 1430 g/mol. The summed E-state index contributed by atoms with van der Waals surface area (Å²) in [5.41, 5.74) is 23.3. The third kappa shape index (κ3) is 28.1. The largest absolute Gasteiger partial charge is 0.481 e. The SMILES string of the molecule is C[C@@H](N)c1ccccc1.C[C@@H](NC(=O)CC1C=CCC1)c1ccccc1.C[C@@H](NCCC1C=CCC1)c1ccccc1.C[C@H](c1ccccc1)N1CCC2CCC(Br)C21.C[C@H](c1ccccc1)N1CCC2CCC(N)C21.N.NC(=O)CCC(=O)NBr.O.O=C(O)C1C=CCC1. The van der Waals surface area contributed by atoms with Gasteiger partial charge in [-0.1, -0.05) is 204 Å². The summed E-state index contributed by atoms with van der Waals surface area (Å²) in [5.74, 6) is 1.60. The second-order valence-electron chi connectivity index (χ2n) is 26.0. The smallest absolute Gasteiger partial charge is 0.310 e. The molecule has 9 unspecified atom stereocenters. The summed E-state index contributed by atoms with van der Waals surface area (Å²) in [5, 5.41) is 15.0. The molecule has 7 aliphatic rings. The summed E-state index contributed by atoms with van der Waals surface area (Å²) in [4.78, 5) is 48.4. The average Bonchev–Trinajstić information content (AvgIpc) is 1.65. The van der Waals surface area contributed by atoms with Crippen LogP contribution in [0.15, 0.2) is 188 Å². The Morgan fingerprint density at radius 2 is 0.989 bits per heavy atom. The van der Waals surface area contributed by atoms with Gasteiger partial charge in [-0.15, -0.1) is 0 Å². The molecule has 3 amide bonds. The number of aliphatic carboxylic acids is 1. The van der Waals surface area contributed by atoms with Gasteiger partial charge in [-0.25, -0.2) is 0 Å². The van der Waals surface area contributed by atoms with Gasteiger partial charge in [0.2, 0.25) is 17.7 Å². The number of carboxylic acid groups (broad SMARTS) is 1. The molecule has 2 saturated carbocycles. The highest BCUT2D eigenvalue weighted by Gasteiger charge is 2.45. The Morgan fingerprint density at radius 3 is 1.42 bits per heavy atom. The quantitative estimate of drug-likeness (QED) is 0.0232. The van der Waals surface area contributed by atoms with Crippen LogP contribution < -0.4 is 38.3 Å². The number of allylic oxidation sites excluding steroid dienone is 5. The minimum atomic E-state index is -0.696. The molecule has 15 N–H and O–H groups in total. The van der Waals surface area contributed by atoms with E-state index in [9.17, 15) is 19.2 Å². The number of halogens is 2. The number of nitrogens with zero attached hydrogens (tertiary/aromatic N) is 2. The van der Waals surface area contributed by atoms with Gasteiger partial charge in [0.15, 0.2) is 0 Å². The van der Waals surface area contributed by atoms with E-state index in [2.05, 4.69) is 193 Å². The zero-order chi connectivity index (χ0) is 66.9. The number of carbonyl (C=O) groups is 4. The van der Waals surface area contributed by atoms with Gasteiger partial charge in [-0.2, -0.15) is 0 Å². The number of hydrogen-bond donors (Lipinski definition) is 8. The van der Waals surface area contributed by atoms with Crippen LogP contribution in [0, 0.1) is 29.6 Å². The molecule has 5 aromatic rings. The lowest BCUT2D eigenvalue weighted by Crippen LogP contribution is -2.43. The molecule has 0 spiro atoms. The Balaban J connectivity index is 0.000000240. The Bertz CT molecular complexity index is 2950. The van der Waals surface area contributed by atoms with E-state index in [0.717, 1.165) is 61.6 Å². The first-order valence-electron chi connectivity index (χ1n) is 34.3. The van der Waals surface area contributed by atoms with Gasteiger partial charge in [0, 0.05) is 82.5 Å². The van der Waals surface area contributed by atoms with Crippen LogP contribution in [0.4, 0.5) is 0 Å². The summed E-state index contributed by atoms with van der Waals surface area (Å²) in [6.07, 6.45) is 29.4. The molecule has 0 bridgehead atoms. The molecule has 4 fully saturated rings. The minimum Gasteiger partial charge on any atom is -0.481 e. The molecule has 5 aromatic carbocycles. The number of primary amides is 1. The van der Waals surface area contributed by atoms with Crippen LogP contribution in [0.2, 0.25) is 0 Å². The van der Waals surface area contributed by atoms with Crippen molar-refractivity contribution in [2.75, 3.05) is 19.6 Å². The molecule has 0 aromatic heterocycles. The summed E-state index contributed by atoms with van der Waals surface area (Å²) < 4.78 is 2.19. The molecule has 2 aliphatic heterocycles. The fourth-order valence-corrected chi connectivity index (χ4v) is 15.0. The number of carbonyl (C=O) groups excluding carboxylic acids is 3. The van der Waals surface area contributed by atoms with Gasteiger partial charge in [0.1, 0.15) is 0 Å². The molecule has 0 radical (unpaired) electrons. The van der Waals surface area contributed by atoms with Crippen molar-refractivity contribution in [1.82, 2.24) is 30.9 Å². The number of amides is 3. The molecule has 15 nitrogen and oxygen atoms in total. The van der Waals surface area contributed by atoms with Gasteiger partial charge >= 0.3 is 5.97 Å². The Hall–Kier alpha value is -6.12. The van der Waals surface area contributed by atoms with Crippen LogP contribution in [-0.4, -0.2) is 86.7 Å². The second kappa shape index (κ2) is 44.7. The van der Waals surface area contributed by atoms with Crippen molar-refractivity contribution < 1.29 is 29.8 Å². The molecule has 14 atom stereocenters. The third-order valence-electron chi connectivity index (χ3n) is 19.3. The molecular formula is C78H113Br2N9O6. The van der Waals surface area contributed by atoms with E-state index < -0.39 is 11.9 Å². The predicted octanol–water partition coefficient (Wildman–Crippen LogP) is 15.2. The number of fused-ring (bicyclic) bond motifs is 2. The number of carboxylic acids is 1. The predicted molar refractivity (Wildman–Crippen MR) is 398 cm³/mol. The third-order valence-corrected chi connectivity index (χ3v) is 20.7. The van der Waals surface area contributed by atoms with Gasteiger partial charge < -0.3 is 44.6 Å². The van der Waals surface area contributed by atoms with E-state index in [1.165, 1.54) is 93.1 Å². The molecule has 12 rings (SSSR count). The summed E-state index contributed by atoms with van der Waals surface area (Å²) in [6.45, 7) is 14.5. The summed E-state index contributed by atoms with van der Waals surface area (Å²) in [7, 11) is 0. The van der Waals surface area contributed by atoms with Crippen molar-refractivity contribution in [1.29, 1.82) is 0 Å². The van der Waals surface area contributed by atoms with Crippen LogP contribution >= 0.6 is 32.1 Å². The first kappa shape index (κ1) is 81.3. The van der Waals surface area contributed by atoms with Crippen molar-refractivity contribution >= 4 is 55.8 Å². The topological polar surface area (TPSA) is 276 Å². The van der Waals surface area contributed by atoms with Crippen molar-refractivity contribution in [2.45, 2.75) is 191 Å². The maximum Gasteiger partial charge on any atom is 0.310 e. The highest BCUT2D eigenvalue weighted by molar-refractivity contribution is 9.09. The van der Waals surface area contributed by atoms with Gasteiger partial charge in [-0.3, -0.25) is 33.3 Å². The molecule has 95 heavy (non-hydrogen) atoms. The zero-order valence-corrected chi connectivity index (χ0v) is 60.3. The highest BCUT2D eigenvalue weighted by atomic mass is 79.9. The molecule has 5 aliphatic carbocycles. The monoisotopic (exact) mass is 1430 g/mol. The van der Waals surface area contributed by atoms with Crippen molar-refractivity contribution in [3.8, 4) is 0 Å². The number of rotatable bonds is 18. The minimum absolute atomic E-state index is 0. The molecule has 2 heterocycles. The second-order valence-corrected chi connectivity index (χ2v) is 27.6. The lowest BCUT2D eigenvalue weighted by Gasteiger charge is -2.33. The van der Waals surface area contributed by atoms with Crippen LogP contribution in [0.5, 0.6) is 0 Å². The number of benzene rings is 5. The molecule has 2 saturated heterocycles. The Kier molecular flexibility index (Phi) is 38.2. The first-order chi connectivity index (χ1) is 44.9. The molecule has 17 heteroatoms. The number of hydrogen-bond acceptors (Lipinski definition) is 10. The number of likely N-dealkylation sites (tertiary alicyclic amines) is 2. The van der Waals surface area contributed by atoms with E-state index in [0.29, 0.717) is 47.4 Å². The molecule has 520 valence electrons. The van der Waals surface area contributed by atoms with Crippen LogP contribution in [0.25, 0.3) is 0 Å². The number of alkyl halides is 1. The standard InChI is InChI=1S/C15H20BrN.C15H22N2.C15H19NO.C15H21N.C8H11N.C6H8O2.C4H7BrN2O2.H3N.H2O/c2*1-11(12-5-3-2-4-6-12)17-10-9-13-7-8-14(16)15(13)17;1-12(14-9-3-2-4-10-14)16-15(17)11-13-7-5-6-8-13;1-13(15-9-3-2-4-10-15)16-12-11-14-7-5-6-8-14;1-7(9)8-5-3-2-4-6-8;7-6(8)5-3-1-2-4-5;5-7-4(9)2-1-3(6)8;;/h2-6,11,13-15H,7-10H2,1H3;2-6,11,13-15H,7-10,16H2,1H3;2-5,7,9-10,12-13H,6,8,11H2,1H3,(H,16,17);2-5,7,9-10,13-14,16H,6,8,11-12H2,1H3;2-7H,9H2,1H3;1,3,5H,2,4H2,(H,7,8);1-2H2,(H2,6,8)(H,7,9);1H3;1H2/t2*11-,13?,14?,15?;12-,13?;13-,14?;7-;;;;/m11111..../s1. The van der Waals surface area contributed by atoms with E-state index in [1.54, 1.807) is 6.08 Å². The van der Waals surface area contributed by atoms with E-state index >= 15 is 0 Å². The first-order valence-corrected chi connectivity index (χ1v) is 36.0. The lowest BCUT2D eigenvalue weighted by atomic mass is 10.0. The van der Waals surface area contributed by atoms with Crippen LogP contribution in [0.1, 0.15) is 195 Å². The summed E-state index contributed by atoms with van der Waals surface area (Å²) >= 11 is 6.60. The van der Waals surface area contributed by atoms with E-state index in [4.69, 9.17) is 22.3 Å². The van der Waals surface area contributed by atoms with E-state index in [-0.39, 0.29) is 54.3 Å². The lowest BCUT2D eigenvalue weighted by molar-refractivity contribution is -0.140. The van der Waals surface area contributed by atoms with E-state index in [1.807, 2.05) is 80.6 Å². The van der Waals surface area contributed by atoms with Crippen LogP contribution in [0.3, 0.4) is 0 Å². The highest BCUT2D eigenvalue weighted by Crippen LogP contribution is 2.45. The van der Waals surface area contributed by atoms with Crippen molar-refractivity contribution in [2.24, 2.45) is 46.8 Å². The van der Waals surface area contributed by atoms with Gasteiger partial charge in [-0.05, 0) is 189 Å². The fourth-order valence-electron chi connectivity index (χ4n) is 13.8. The fraction of sp³-hybridized carbons (Fsp3) is 0.487. The maximum atomic E-state index is 11.8. The van der Waals surface area contributed by atoms with Crippen molar-refractivity contribution in [3.63, 3.8) is 0 Å². The zero-order valence-electron chi connectivity index (χ0n) is 57.1. The Labute approximate surface area is 585 Å². The van der Waals surface area contributed by atoms with Gasteiger partial charge in [0.05, 0.1) is 12.0 Å². The maximum absolute atomic E-state index is 11.8.